The van der Waals surface area contributed by atoms with Gasteiger partial charge < -0.3 is 31.3 Å². The molecule has 0 saturated heterocycles. The summed E-state index contributed by atoms with van der Waals surface area (Å²) in [6.45, 7) is 11.3. The predicted molar refractivity (Wildman–Crippen MR) is 128 cm³/mol. The zero-order valence-corrected chi connectivity index (χ0v) is 22.3. The first-order chi connectivity index (χ1) is 13.9. The molecular formula is C24H54ClNO3Si. The maximum absolute atomic E-state index is 9.32. The molecule has 0 aliphatic carbocycles. The summed E-state index contributed by atoms with van der Waals surface area (Å²) < 4.78 is 1.09. The van der Waals surface area contributed by atoms with E-state index in [0.29, 0.717) is 6.42 Å². The first kappa shape index (κ1) is 32.5. The van der Waals surface area contributed by atoms with E-state index in [1.807, 2.05) is 0 Å². The van der Waals surface area contributed by atoms with Crippen LogP contribution < -0.4 is 12.4 Å². The largest absolute Gasteiger partial charge is 1.00 e. The van der Waals surface area contributed by atoms with Crippen molar-refractivity contribution < 1.29 is 31.3 Å². The van der Waals surface area contributed by atoms with Gasteiger partial charge in [-0.05, 0) is 25.7 Å². The second kappa shape index (κ2) is 21.2. The molecule has 0 aromatic rings. The molecule has 0 aliphatic heterocycles. The Morgan fingerprint density at radius 3 is 1.20 bits per heavy atom. The maximum atomic E-state index is 9.32. The Kier molecular flexibility index (Phi) is 23.0. The van der Waals surface area contributed by atoms with Crippen molar-refractivity contribution >= 4 is 8.80 Å². The number of hydrogen-bond donors (Lipinski definition) is 3. The first-order valence-electron chi connectivity index (χ1n) is 12.9. The fourth-order valence-electron chi connectivity index (χ4n) is 4.74. The molecule has 0 aromatic heterocycles. The quantitative estimate of drug-likeness (QED) is 0.130. The monoisotopic (exact) mass is 467 g/mol. The van der Waals surface area contributed by atoms with E-state index >= 15 is 0 Å². The highest BCUT2D eigenvalue weighted by molar-refractivity contribution is 6.56. The Labute approximate surface area is 195 Å². The van der Waals surface area contributed by atoms with E-state index in [1.165, 1.54) is 116 Å². The van der Waals surface area contributed by atoms with Crippen LogP contribution in [0.25, 0.3) is 0 Å². The van der Waals surface area contributed by atoms with Gasteiger partial charge in [0.15, 0.2) is 0 Å². The summed E-state index contributed by atoms with van der Waals surface area (Å²) in [5.41, 5.74) is 0. The lowest BCUT2D eigenvalue weighted by Crippen LogP contribution is -3.00. The minimum atomic E-state index is -3.88. The highest BCUT2D eigenvalue weighted by atomic mass is 35.5. The number of quaternary nitrogens is 1. The summed E-state index contributed by atoms with van der Waals surface area (Å²) in [6, 6.07) is 0.180. The van der Waals surface area contributed by atoms with Crippen LogP contribution in [0.2, 0.25) is 6.04 Å². The molecule has 0 amide bonds. The summed E-state index contributed by atoms with van der Waals surface area (Å²) in [4.78, 5) is 27.9. The zero-order chi connectivity index (χ0) is 21.8. The van der Waals surface area contributed by atoms with Gasteiger partial charge in [0.2, 0.25) is 0 Å². The molecule has 0 aromatic carbocycles. The minimum Gasteiger partial charge on any atom is -1.00 e. The fraction of sp³-hybridized carbons (Fsp3) is 1.00. The topological polar surface area (TPSA) is 60.7 Å². The molecule has 0 fully saturated rings. The average molecular weight is 468 g/mol. The third kappa shape index (κ3) is 20.3. The summed E-state index contributed by atoms with van der Waals surface area (Å²) in [7, 11) is -3.88. The standard InChI is InChI=1S/C24H54NO3Si.ClH/c1-4-7-8-9-10-11-12-13-14-15-16-17-18-22-25(20-5-2,21-6-3)23-19-24-29(26,27)28;/h26-28H,4-24H2,1-3H3;1H/q+1;/p-1. The molecule has 0 unspecified atom stereocenters. The lowest BCUT2D eigenvalue weighted by atomic mass is 10.0. The van der Waals surface area contributed by atoms with Gasteiger partial charge in [0, 0.05) is 12.5 Å². The van der Waals surface area contributed by atoms with E-state index < -0.39 is 8.80 Å². The van der Waals surface area contributed by atoms with Crippen LogP contribution in [0, 0.1) is 0 Å². The molecule has 0 radical (unpaired) electrons. The lowest BCUT2D eigenvalue weighted by Gasteiger charge is -2.39. The van der Waals surface area contributed by atoms with E-state index in [-0.39, 0.29) is 18.5 Å². The molecule has 0 aliphatic rings. The molecule has 30 heavy (non-hydrogen) atoms. The van der Waals surface area contributed by atoms with Crippen LogP contribution in [0.15, 0.2) is 0 Å². The average Bonchev–Trinajstić information content (AvgIpc) is 2.65. The van der Waals surface area contributed by atoms with Crippen molar-refractivity contribution in [2.75, 3.05) is 26.2 Å². The van der Waals surface area contributed by atoms with Crippen LogP contribution in [0.3, 0.4) is 0 Å². The Balaban J connectivity index is 0. The highest BCUT2D eigenvalue weighted by Gasteiger charge is 2.30. The van der Waals surface area contributed by atoms with Crippen molar-refractivity contribution in [1.29, 1.82) is 0 Å². The Morgan fingerprint density at radius 2 is 0.833 bits per heavy atom. The summed E-state index contributed by atoms with van der Waals surface area (Å²) in [6.07, 6.45) is 21.1. The molecule has 0 heterocycles. The van der Waals surface area contributed by atoms with Crippen molar-refractivity contribution in [3.63, 3.8) is 0 Å². The molecule has 0 spiro atoms. The van der Waals surface area contributed by atoms with E-state index in [9.17, 15) is 14.4 Å². The minimum absolute atomic E-state index is 0. The lowest BCUT2D eigenvalue weighted by molar-refractivity contribution is -0.928. The highest BCUT2D eigenvalue weighted by Crippen LogP contribution is 2.18. The molecule has 6 heteroatoms. The normalized spacial score (nSPS) is 12.2. The number of rotatable bonds is 22. The third-order valence-corrected chi connectivity index (χ3v) is 7.30. The maximum Gasteiger partial charge on any atom is 0.492 e. The van der Waals surface area contributed by atoms with Crippen molar-refractivity contribution in [3.05, 3.63) is 0 Å². The van der Waals surface area contributed by atoms with Crippen LogP contribution in [0.5, 0.6) is 0 Å². The second-order valence-corrected chi connectivity index (χ2v) is 11.4. The molecule has 0 bridgehead atoms. The number of halogens is 1. The number of nitrogens with zero attached hydrogens (tertiary/aromatic N) is 1. The van der Waals surface area contributed by atoms with Gasteiger partial charge in [-0.2, -0.15) is 0 Å². The van der Waals surface area contributed by atoms with Crippen molar-refractivity contribution in [3.8, 4) is 0 Å². The Hall–Kier alpha value is 0.347. The summed E-state index contributed by atoms with van der Waals surface area (Å²) >= 11 is 0. The van der Waals surface area contributed by atoms with Crippen LogP contribution in [0.1, 0.15) is 124 Å². The van der Waals surface area contributed by atoms with E-state index in [2.05, 4.69) is 20.8 Å². The predicted octanol–water partition coefficient (Wildman–Crippen LogP) is 3.02. The van der Waals surface area contributed by atoms with E-state index in [0.717, 1.165) is 11.0 Å². The smallest absolute Gasteiger partial charge is 0.492 e. The van der Waals surface area contributed by atoms with Crippen LogP contribution in [-0.4, -0.2) is 53.9 Å². The fourth-order valence-corrected chi connectivity index (χ4v) is 5.37. The third-order valence-electron chi connectivity index (χ3n) is 6.28. The van der Waals surface area contributed by atoms with E-state index in [1.54, 1.807) is 0 Å². The Bertz CT molecular complexity index is 348. The van der Waals surface area contributed by atoms with E-state index in [4.69, 9.17) is 0 Å². The molecule has 0 saturated carbocycles. The van der Waals surface area contributed by atoms with Gasteiger partial charge in [-0.15, -0.1) is 0 Å². The van der Waals surface area contributed by atoms with Crippen molar-refractivity contribution in [2.24, 2.45) is 0 Å². The van der Waals surface area contributed by atoms with Crippen LogP contribution in [-0.2, 0) is 0 Å². The molecule has 0 rings (SSSR count). The Morgan fingerprint density at radius 1 is 0.467 bits per heavy atom. The SMILES string of the molecule is CCCCCCCCCCCCCCC[N+](CCC)(CCC)CCC[Si](O)(O)O.[Cl-]. The zero-order valence-electron chi connectivity index (χ0n) is 20.5. The van der Waals surface area contributed by atoms with Crippen LogP contribution >= 0.6 is 0 Å². The summed E-state index contributed by atoms with van der Waals surface area (Å²) in [5, 5.41) is 0. The number of hydrogen-bond acceptors (Lipinski definition) is 3. The van der Waals surface area contributed by atoms with Gasteiger partial charge in [-0.25, -0.2) is 0 Å². The van der Waals surface area contributed by atoms with Crippen LogP contribution in [0.4, 0.5) is 0 Å². The molecule has 0 atom stereocenters. The van der Waals surface area contributed by atoms with Gasteiger partial charge in [-0.3, -0.25) is 0 Å². The summed E-state index contributed by atoms with van der Waals surface area (Å²) in [5.74, 6) is 0. The molecule has 184 valence electrons. The molecule has 4 nitrogen and oxygen atoms in total. The molecular weight excluding hydrogens is 414 g/mol. The van der Waals surface area contributed by atoms with Gasteiger partial charge in [0.1, 0.15) is 0 Å². The number of unbranched alkanes of at least 4 members (excludes halogenated alkanes) is 12. The van der Waals surface area contributed by atoms with Crippen molar-refractivity contribution in [2.45, 2.75) is 130 Å². The first-order valence-corrected chi connectivity index (χ1v) is 15.0. The van der Waals surface area contributed by atoms with Gasteiger partial charge in [0.25, 0.3) is 0 Å². The molecule has 3 N–H and O–H groups in total. The van der Waals surface area contributed by atoms with Gasteiger partial charge >= 0.3 is 8.80 Å². The second-order valence-electron chi connectivity index (χ2n) is 9.36. The van der Waals surface area contributed by atoms with Gasteiger partial charge in [0.05, 0.1) is 26.2 Å². The van der Waals surface area contributed by atoms with Gasteiger partial charge in [-0.1, -0.05) is 91.4 Å². The van der Waals surface area contributed by atoms with Crippen molar-refractivity contribution in [1.82, 2.24) is 0 Å².